The van der Waals surface area contributed by atoms with Crippen molar-refractivity contribution in [2.75, 3.05) is 12.3 Å². The summed E-state index contributed by atoms with van der Waals surface area (Å²) >= 11 is 1.51. The average Bonchev–Trinajstić information content (AvgIpc) is 2.90. The van der Waals surface area contributed by atoms with E-state index in [1.54, 1.807) is 12.1 Å². The van der Waals surface area contributed by atoms with Gasteiger partial charge < -0.3 is 10.1 Å². The summed E-state index contributed by atoms with van der Waals surface area (Å²) < 4.78 is 5.54. The number of amides is 1. The molecular weight excluding hydrogens is 276 g/mol. The highest BCUT2D eigenvalue weighted by atomic mass is 32.2. The molecule has 0 saturated heterocycles. The molecule has 20 heavy (non-hydrogen) atoms. The van der Waals surface area contributed by atoms with Crippen molar-refractivity contribution in [3.05, 3.63) is 29.3 Å². The van der Waals surface area contributed by atoms with Crippen molar-refractivity contribution in [2.45, 2.75) is 20.0 Å². The van der Waals surface area contributed by atoms with Crippen molar-refractivity contribution in [3.8, 4) is 5.75 Å². The molecule has 1 aromatic carbocycles. The van der Waals surface area contributed by atoms with Crippen LogP contribution in [-0.4, -0.2) is 35.8 Å². The van der Waals surface area contributed by atoms with Gasteiger partial charge in [-0.3, -0.25) is 14.6 Å². The molecule has 1 heterocycles. The minimum absolute atomic E-state index is 0.0254. The molecule has 0 aliphatic carbocycles. The molecule has 1 aliphatic rings. The predicted molar refractivity (Wildman–Crippen MR) is 79.8 cm³/mol. The standard InChI is InChI=1S/C14H16N2O3S/c1-9(2)19-12-6-10(8-17)5-11(7-12)13(18)16-14-15-3-4-20-14/h5-9H,3-4H2,1-2H3,(H,15,16,18). The third-order valence-corrected chi connectivity index (χ3v) is 3.40. The fourth-order valence-corrected chi connectivity index (χ4v) is 2.46. The summed E-state index contributed by atoms with van der Waals surface area (Å²) in [5, 5.41) is 3.35. The maximum Gasteiger partial charge on any atom is 0.257 e. The monoisotopic (exact) mass is 292 g/mol. The largest absolute Gasteiger partial charge is 0.491 e. The topological polar surface area (TPSA) is 67.8 Å². The summed E-state index contributed by atoms with van der Waals surface area (Å²) in [4.78, 5) is 27.2. The maximum atomic E-state index is 12.1. The summed E-state index contributed by atoms with van der Waals surface area (Å²) in [7, 11) is 0. The summed E-state index contributed by atoms with van der Waals surface area (Å²) in [6.45, 7) is 4.49. The Balaban J connectivity index is 2.20. The highest BCUT2D eigenvalue weighted by Crippen LogP contribution is 2.18. The van der Waals surface area contributed by atoms with E-state index in [9.17, 15) is 9.59 Å². The number of hydrogen-bond donors (Lipinski definition) is 1. The number of thioether (sulfide) groups is 1. The summed E-state index contributed by atoms with van der Waals surface area (Å²) in [6.07, 6.45) is 0.675. The van der Waals surface area contributed by atoms with E-state index in [0.717, 1.165) is 12.3 Å². The SMILES string of the molecule is CC(C)Oc1cc(C=O)cc(C(=O)NC2=NCCS2)c1. The number of ether oxygens (including phenoxy) is 1. The van der Waals surface area contributed by atoms with Gasteiger partial charge in [-0.15, -0.1) is 0 Å². The van der Waals surface area contributed by atoms with E-state index in [-0.39, 0.29) is 12.0 Å². The van der Waals surface area contributed by atoms with Crippen LogP contribution in [-0.2, 0) is 0 Å². The predicted octanol–water partition coefficient (Wildman–Crippen LogP) is 2.12. The van der Waals surface area contributed by atoms with Gasteiger partial charge in [0.05, 0.1) is 12.6 Å². The minimum atomic E-state index is -0.282. The molecule has 2 rings (SSSR count). The summed E-state index contributed by atoms with van der Waals surface area (Å²) in [6, 6.07) is 4.78. The van der Waals surface area contributed by atoms with Crippen molar-refractivity contribution < 1.29 is 14.3 Å². The van der Waals surface area contributed by atoms with Gasteiger partial charge in [-0.1, -0.05) is 11.8 Å². The maximum absolute atomic E-state index is 12.1. The molecule has 0 saturated carbocycles. The van der Waals surface area contributed by atoms with E-state index < -0.39 is 0 Å². The van der Waals surface area contributed by atoms with Crippen LogP contribution in [0.5, 0.6) is 5.75 Å². The van der Waals surface area contributed by atoms with Crippen molar-refractivity contribution in [2.24, 2.45) is 4.99 Å². The molecule has 0 bridgehead atoms. The number of hydrogen-bond acceptors (Lipinski definition) is 5. The molecule has 0 unspecified atom stereocenters. The minimum Gasteiger partial charge on any atom is -0.491 e. The fourth-order valence-electron chi connectivity index (χ4n) is 1.74. The zero-order valence-corrected chi connectivity index (χ0v) is 12.2. The second kappa shape index (κ2) is 6.56. The third-order valence-electron chi connectivity index (χ3n) is 2.50. The van der Waals surface area contributed by atoms with Crippen LogP contribution in [0, 0.1) is 0 Å². The first kappa shape index (κ1) is 14.6. The first-order chi connectivity index (χ1) is 9.58. The van der Waals surface area contributed by atoms with Gasteiger partial charge in [0.25, 0.3) is 5.91 Å². The quantitative estimate of drug-likeness (QED) is 0.863. The van der Waals surface area contributed by atoms with E-state index in [0.29, 0.717) is 28.3 Å². The van der Waals surface area contributed by atoms with Gasteiger partial charge in [-0.25, -0.2) is 0 Å². The van der Waals surface area contributed by atoms with Gasteiger partial charge in [0.2, 0.25) is 0 Å². The summed E-state index contributed by atoms with van der Waals surface area (Å²) in [5.74, 6) is 1.11. The number of aliphatic imine (C=N–C) groups is 1. The Hall–Kier alpha value is -1.82. The molecule has 1 N–H and O–H groups in total. The van der Waals surface area contributed by atoms with Crippen LogP contribution in [0.1, 0.15) is 34.6 Å². The number of nitrogens with zero attached hydrogens (tertiary/aromatic N) is 1. The Morgan fingerprint density at radius 3 is 2.85 bits per heavy atom. The second-order valence-electron chi connectivity index (χ2n) is 4.56. The molecule has 0 aromatic heterocycles. The number of benzene rings is 1. The van der Waals surface area contributed by atoms with Crippen molar-refractivity contribution in [1.82, 2.24) is 5.32 Å². The van der Waals surface area contributed by atoms with Gasteiger partial charge in [-0.05, 0) is 32.0 Å². The van der Waals surface area contributed by atoms with Gasteiger partial charge in [0.1, 0.15) is 12.0 Å². The number of amidine groups is 1. The van der Waals surface area contributed by atoms with Crippen LogP contribution in [0.25, 0.3) is 0 Å². The van der Waals surface area contributed by atoms with E-state index in [1.807, 2.05) is 13.8 Å². The lowest BCUT2D eigenvalue weighted by atomic mass is 10.1. The van der Waals surface area contributed by atoms with Gasteiger partial charge in [0, 0.05) is 16.9 Å². The summed E-state index contributed by atoms with van der Waals surface area (Å²) in [5.41, 5.74) is 0.801. The molecule has 0 fully saturated rings. The van der Waals surface area contributed by atoms with Crippen molar-refractivity contribution in [3.63, 3.8) is 0 Å². The van der Waals surface area contributed by atoms with Crippen LogP contribution < -0.4 is 10.1 Å². The first-order valence-electron chi connectivity index (χ1n) is 6.34. The number of nitrogens with one attached hydrogen (secondary N) is 1. The number of aldehydes is 1. The molecule has 0 radical (unpaired) electrons. The first-order valence-corrected chi connectivity index (χ1v) is 7.32. The number of carbonyl (C=O) groups excluding carboxylic acids is 2. The lowest BCUT2D eigenvalue weighted by molar-refractivity contribution is 0.0977. The smallest absolute Gasteiger partial charge is 0.257 e. The molecule has 0 atom stereocenters. The number of carbonyl (C=O) groups is 2. The molecule has 106 valence electrons. The van der Waals surface area contributed by atoms with E-state index in [1.165, 1.54) is 17.8 Å². The molecular formula is C14H16N2O3S. The van der Waals surface area contributed by atoms with Crippen molar-refractivity contribution in [1.29, 1.82) is 0 Å². The van der Waals surface area contributed by atoms with Crippen LogP contribution in [0.4, 0.5) is 0 Å². The van der Waals surface area contributed by atoms with Crippen molar-refractivity contribution >= 4 is 29.1 Å². The molecule has 1 aromatic rings. The fraction of sp³-hybridized carbons (Fsp3) is 0.357. The van der Waals surface area contributed by atoms with E-state index in [2.05, 4.69) is 10.3 Å². The zero-order valence-electron chi connectivity index (χ0n) is 11.4. The van der Waals surface area contributed by atoms with Crippen LogP contribution >= 0.6 is 11.8 Å². The highest BCUT2D eigenvalue weighted by Gasteiger charge is 2.14. The lowest BCUT2D eigenvalue weighted by Gasteiger charge is -2.12. The Morgan fingerprint density at radius 1 is 1.45 bits per heavy atom. The van der Waals surface area contributed by atoms with Crippen LogP contribution in [0.3, 0.4) is 0 Å². The average molecular weight is 292 g/mol. The second-order valence-corrected chi connectivity index (χ2v) is 5.65. The lowest BCUT2D eigenvalue weighted by Crippen LogP contribution is -2.27. The van der Waals surface area contributed by atoms with E-state index in [4.69, 9.17) is 4.74 Å². The van der Waals surface area contributed by atoms with Gasteiger partial charge in [-0.2, -0.15) is 0 Å². The normalized spacial score (nSPS) is 14.1. The molecule has 6 heteroatoms. The Kier molecular flexibility index (Phi) is 4.79. The number of rotatable bonds is 4. The van der Waals surface area contributed by atoms with Crippen LogP contribution in [0.15, 0.2) is 23.2 Å². The third kappa shape index (κ3) is 3.84. The highest BCUT2D eigenvalue weighted by molar-refractivity contribution is 8.14. The van der Waals surface area contributed by atoms with E-state index >= 15 is 0 Å². The van der Waals surface area contributed by atoms with Gasteiger partial charge >= 0.3 is 0 Å². The Labute approximate surface area is 121 Å². The van der Waals surface area contributed by atoms with Gasteiger partial charge in [0.15, 0.2) is 5.17 Å². The van der Waals surface area contributed by atoms with Crippen LogP contribution in [0.2, 0.25) is 0 Å². The molecule has 1 aliphatic heterocycles. The molecule has 1 amide bonds. The molecule has 5 nitrogen and oxygen atoms in total. The zero-order chi connectivity index (χ0) is 14.5. The Bertz CT molecular complexity index is 555. The molecule has 0 spiro atoms. The Morgan fingerprint density at radius 2 is 2.25 bits per heavy atom.